The lowest BCUT2D eigenvalue weighted by atomic mass is 10.2. The average molecular weight is 434 g/mol. The minimum Gasteiger partial charge on any atom is -0.497 e. The first-order valence-electron chi connectivity index (χ1n) is 8.73. The fourth-order valence-electron chi connectivity index (χ4n) is 2.55. The van der Waals surface area contributed by atoms with Gasteiger partial charge in [0.05, 0.1) is 25.6 Å². The Hall–Kier alpha value is -3.47. The maximum atomic E-state index is 13.1. The molecule has 0 fully saturated rings. The van der Waals surface area contributed by atoms with Crippen LogP contribution in [0.3, 0.4) is 0 Å². The van der Waals surface area contributed by atoms with Crippen LogP contribution in [0.2, 0.25) is 0 Å². The summed E-state index contributed by atoms with van der Waals surface area (Å²) in [5, 5.41) is 6.39. The van der Waals surface area contributed by atoms with Crippen LogP contribution in [0, 0.1) is 5.82 Å². The van der Waals surface area contributed by atoms with E-state index >= 15 is 0 Å². The predicted molar refractivity (Wildman–Crippen MR) is 107 cm³/mol. The number of hydrogen-bond donors (Lipinski definition) is 1. The van der Waals surface area contributed by atoms with Crippen molar-refractivity contribution >= 4 is 21.6 Å². The second-order valence-electron chi connectivity index (χ2n) is 6.26. The first-order valence-corrected chi connectivity index (χ1v) is 10.6. The van der Waals surface area contributed by atoms with Crippen molar-refractivity contribution < 1.29 is 26.9 Å². The van der Waals surface area contributed by atoms with Gasteiger partial charge in [-0.15, -0.1) is 0 Å². The normalized spacial score (nSPS) is 11.2. The molecule has 11 heteroatoms. The molecular formula is C19H19FN4O5S. The third-order valence-electron chi connectivity index (χ3n) is 4.06. The number of rotatable bonds is 8. The van der Waals surface area contributed by atoms with Crippen LogP contribution in [-0.4, -0.2) is 44.4 Å². The zero-order valence-electron chi connectivity index (χ0n) is 16.2. The van der Waals surface area contributed by atoms with Gasteiger partial charge in [0.25, 0.3) is 0 Å². The van der Waals surface area contributed by atoms with Crippen LogP contribution in [0.5, 0.6) is 5.75 Å². The number of aromatic nitrogens is 2. The molecule has 30 heavy (non-hydrogen) atoms. The van der Waals surface area contributed by atoms with Crippen LogP contribution in [0.4, 0.5) is 10.1 Å². The summed E-state index contributed by atoms with van der Waals surface area (Å²) in [4.78, 5) is 16.5. The molecule has 0 saturated heterocycles. The zero-order chi connectivity index (χ0) is 21.7. The van der Waals surface area contributed by atoms with E-state index in [1.807, 2.05) is 0 Å². The number of halogens is 1. The topological polar surface area (TPSA) is 115 Å². The molecule has 0 aliphatic heterocycles. The number of ether oxygens (including phenoxy) is 1. The van der Waals surface area contributed by atoms with Crippen LogP contribution < -0.4 is 14.4 Å². The van der Waals surface area contributed by atoms with Crippen molar-refractivity contribution in [3.05, 3.63) is 60.2 Å². The van der Waals surface area contributed by atoms with Crippen molar-refractivity contribution in [3.8, 4) is 17.1 Å². The Kier molecular flexibility index (Phi) is 6.31. The van der Waals surface area contributed by atoms with Crippen molar-refractivity contribution in [2.75, 3.05) is 24.2 Å². The quantitative estimate of drug-likeness (QED) is 0.576. The molecule has 0 radical (unpaired) electrons. The second-order valence-corrected chi connectivity index (χ2v) is 8.17. The molecule has 0 aliphatic carbocycles. The van der Waals surface area contributed by atoms with Crippen molar-refractivity contribution in [1.82, 2.24) is 15.5 Å². The van der Waals surface area contributed by atoms with Gasteiger partial charge in [-0.05, 0) is 48.5 Å². The Balaban J connectivity index is 1.63. The molecule has 0 bridgehead atoms. The smallest absolute Gasteiger partial charge is 0.246 e. The summed E-state index contributed by atoms with van der Waals surface area (Å²) in [6, 6.07) is 11.8. The van der Waals surface area contributed by atoms with E-state index < -0.39 is 28.3 Å². The van der Waals surface area contributed by atoms with E-state index in [-0.39, 0.29) is 18.1 Å². The van der Waals surface area contributed by atoms with Gasteiger partial charge in [0, 0.05) is 5.56 Å². The molecule has 1 N–H and O–H groups in total. The third kappa shape index (κ3) is 5.32. The maximum absolute atomic E-state index is 13.1. The van der Waals surface area contributed by atoms with Crippen LogP contribution in [0.25, 0.3) is 11.4 Å². The first kappa shape index (κ1) is 21.2. The van der Waals surface area contributed by atoms with Crippen molar-refractivity contribution in [3.63, 3.8) is 0 Å². The number of amides is 1. The van der Waals surface area contributed by atoms with Gasteiger partial charge < -0.3 is 14.6 Å². The number of methoxy groups -OCH3 is 1. The number of benzene rings is 2. The lowest BCUT2D eigenvalue weighted by molar-refractivity contribution is -0.119. The highest BCUT2D eigenvalue weighted by molar-refractivity contribution is 7.92. The first-order chi connectivity index (χ1) is 14.3. The Bertz CT molecular complexity index is 1110. The SMILES string of the molecule is COc1ccc(-c2noc(CNC(=O)CN(c3ccc(F)cc3)S(C)(=O)=O)n2)cc1. The van der Waals surface area contributed by atoms with Gasteiger partial charge in [-0.1, -0.05) is 5.16 Å². The Morgan fingerprint density at radius 1 is 1.17 bits per heavy atom. The summed E-state index contributed by atoms with van der Waals surface area (Å²) >= 11 is 0. The summed E-state index contributed by atoms with van der Waals surface area (Å²) in [7, 11) is -2.20. The van der Waals surface area contributed by atoms with Gasteiger partial charge in [0.15, 0.2) is 0 Å². The molecule has 0 spiro atoms. The number of nitrogens with one attached hydrogen (secondary N) is 1. The molecule has 9 nitrogen and oxygen atoms in total. The lowest BCUT2D eigenvalue weighted by Gasteiger charge is -2.21. The van der Waals surface area contributed by atoms with Gasteiger partial charge >= 0.3 is 0 Å². The third-order valence-corrected chi connectivity index (χ3v) is 5.20. The van der Waals surface area contributed by atoms with E-state index in [0.29, 0.717) is 17.1 Å². The number of carbonyl (C=O) groups is 1. The molecule has 1 amide bonds. The Labute approximate surface area is 172 Å². The van der Waals surface area contributed by atoms with E-state index in [2.05, 4.69) is 15.5 Å². The van der Waals surface area contributed by atoms with Crippen molar-refractivity contribution in [1.29, 1.82) is 0 Å². The van der Waals surface area contributed by atoms with E-state index in [4.69, 9.17) is 9.26 Å². The summed E-state index contributed by atoms with van der Waals surface area (Å²) < 4.78 is 48.3. The molecule has 1 aromatic heterocycles. The second kappa shape index (κ2) is 8.91. The summed E-state index contributed by atoms with van der Waals surface area (Å²) in [5.41, 5.74) is 0.880. The van der Waals surface area contributed by atoms with Gasteiger partial charge in [-0.25, -0.2) is 12.8 Å². The largest absolute Gasteiger partial charge is 0.497 e. The molecule has 2 aromatic carbocycles. The number of hydrogen-bond acceptors (Lipinski definition) is 7. The molecule has 3 rings (SSSR count). The predicted octanol–water partition coefficient (Wildman–Crippen LogP) is 1.97. The standard InChI is InChI=1S/C19H19FN4O5S/c1-28-16-9-3-13(4-10-16)19-22-18(29-23-19)11-21-17(25)12-24(30(2,26)27)15-7-5-14(20)6-8-15/h3-10H,11-12H2,1-2H3,(H,21,25). The average Bonchev–Trinajstić information content (AvgIpc) is 3.20. The summed E-state index contributed by atoms with van der Waals surface area (Å²) in [6.07, 6.45) is 0.961. The fraction of sp³-hybridized carbons (Fsp3) is 0.211. The van der Waals surface area contributed by atoms with Gasteiger partial charge in [-0.2, -0.15) is 4.98 Å². The minimum atomic E-state index is -3.76. The van der Waals surface area contributed by atoms with Gasteiger partial charge in [0.1, 0.15) is 18.1 Å². The number of nitrogens with zero attached hydrogens (tertiary/aromatic N) is 3. The van der Waals surface area contributed by atoms with E-state index in [9.17, 15) is 17.6 Å². The highest BCUT2D eigenvalue weighted by Gasteiger charge is 2.21. The molecule has 158 valence electrons. The Morgan fingerprint density at radius 2 is 1.83 bits per heavy atom. The molecule has 1 heterocycles. The molecule has 0 atom stereocenters. The molecule has 3 aromatic rings. The maximum Gasteiger partial charge on any atom is 0.246 e. The highest BCUT2D eigenvalue weighted by Crippen LogP contribution is 2.20. The number of carbonyl (C=O) groups excluding carboxylic acids is 1. The minimum absolute atomic E-state index is 0.0803. The molecular weight excluding hydrogens is 415 g/mol. The van der Waals surface area contributed by atoms with Crippen molar-refractivity contribution in [2.45, 2.75) is 6.54 Å². The van der Waals surface area contributed by atoms with Gasteiger partial charge in [-0.3, -0.25) is 9.10 Å². The highest BCUT2D eigenvalue weighted by atomic mass is 32.2. The van der Waals surface area contributed by atoms with E-state index in [1.54, 1.807) is 31.4 Å². The summed E-state index contributed by atoms with van der Waals surface area (Å²) in [6.45, 7) is -0.563. The van der Waals surface area contributed by atoms with Crippen LogP contribution in [0.1, 0.15) is 5.89 Å². The van der Waals surface area contributed by atoms with Crippen LogP contribution in [0.15, 0.2) is 53.1 Å². The van der Waals surface area contributed by atoms with Crippen LogP contribution >= 0.6 is 0 Å². The van der Waals surface area contributed by atoms with E-state index in [1.165, 1.54) is 12.1 Å². The lowest BCUT2D eigenvalue weighted by Crippen LogP contribution is -2.40. The summed E-state index contributed by atoms with van der Waals surface area (Å²) in [5.74, 6) is 0.0776. The van der Waals surface area contributed by atoms with Crippen molar-refractivity contribution in [2.24, 2.45) is 0 Å². The van der Waals surface area contributed by atoms with E-state index in [0.717, 1.165) is 22.7 Å². The number of sulfonamides is 1. The van der Waals surface area contributed by atoms with Gasteiger partial charge in [0.2, 0.25) is 27.6 Å². The molecule has 0 saturated carbocycles. The molecule has 0 aliphatic rings. The number of anilines is 1. The fourth-order valence-corrected chi connectivity index (χ4v) is 3.41. The zero-order valence-corrected chi connectivity index (χ0v) is 17.0. The van der Waals surface area contributed by atoms with Crippen LogP contribution in [-0.2, 0) is 21.4 Å². The monoisotopic (exact) mass is 434 g/mol. The Morgan fingerprint density at radius 3 is 2.43 bits per heavy atom. The molecule has 0 unspecified atom stereocenters.